The highest BCUT2D eigenvalue weighted by molar-refractivity contribution is 5.73. The number of nitrogens with zero attached hydrogens (tertiary/aromatic N) is 1. The van der Waals surface area contributed by atoms with E-state index in [9.17, 15) is 18.0 Å². The van der Waals surface area contributed by atoms with Crippen molar-refractivity contribution in [3.05, 3.63) is 35.4 Å². The van der Waals surface area contributed by atoms with E-state index in [0.717, 1.165) is 37.2 Å². The lowest BCUT2D eigenvalue weighted by molar-refractivity contribution is -0.137. The molecule has 1 aliphatic rings. The maximum Gasteiger partial charge on any atom is 0.416 e. The van der Waals surface area contributed by atoms with Gasteiger partial charge >= 0.3 is 6.18 Å². The highest BCUT2D eigenvalue weighted by Crippen LogP contribution is 2.29. The minimum absolute atomic E-state index is 0.0908. The second-order valence-corrected chi connectivity index (χ2v) is 5.91. The van der Waals surface area contributed by atoms with Gasteiger partial charge in [0.1, 0.15) is 0 Å². The van der Waals surface area contributed by atoms with Crippen molar-refractivity contribution in [1.82, 2.24) is 10.2 Å². The number of carbonyl (C=O) groups is 1. The summed E-state index contributed by atoms with van der Waals surface area (Å²) in [7, 11) is 0. The molecule has 1 heterocycles. The summed E-state index contributed by atoms with van der Waals surface area (Å²) in [6.07, 6.45) is -3.43. The number of nitrogens with one attached hydrogen (secondary N) is 1. The van der Waals surface area contributed by atoms with Gasteiger partial charge in [-0.25, -0.2) is 0 Å². The fourth-order valence-electron chi connectivity index (χ4n) is 2.80. The molecular weight excluding hydrogens is 293 g/mol. The molecular formula is C16H21F3N2O. The van der Waals surface area contributed by atoms with Crippen LogP contribution in [-0.2, 0) is 17.5 Å². The summed E-state index contributed by atoms with van der Waals surface area (Å²) in [5.74, 6) is 0.417. The summed E-state index contributed by atoms with van der Waals surface area (Å²) in [6.45, 7) is 5.64. The van der Waals surface area contributed by atoms with Gasteiger partial charge in [-0.2, -0.15) is 13.2 Å². The van der Waals surface area contributed by atoms with Crippen molar-refractivity contribution in [2.75, 3.05) is 13.1 Å². The van der Waals surface area contributed by atoms with Crippen molar-refractivity contribution < 1.29 is 18.0 Å². The van der Waals surface area contributed by atoms with Crippen molar-refractivity contribution in [3.8, 4) is 0 Å². The monoisotopic (exact) mass is 314 g/mol. The van der Waals surface area contributed by atoms with E-state index in [0.29, 0.717) is 12.5 Å². The number of rotatable bonds is 3. The minimum atomic E-state index is -4.29. The van der Waals surface area contributed by atoms with Crippen LogP contribution in [0.25, 0.3) is 0 Å². The smallest absolute Gasteiger partial charge is 0.343 e. The number of likely N-dealkylation sites (tertiary alicyclic amines) is 1. The molecule has 2 atom stereocenters. The normalized spacial score (nSPS) is 22.7. The fraction of sp³-hybridized carbons (Fsp3) is 0.562. The molecule has 1 saturated heterocycles. The number of alkyl halides is 3. The van der Waals surface area contributed by atoms with Gasteiger partial charge in [-0.1, -0.05) is 19.1 Å². The van der Waals surface area contributed by atoms with Gasteiger partial charge in [0.25, 0.3) is 0 Å². The number of halogens is 3. The number of hydrogen-bond acceptors (Lipinski definition) is 2. The molecule has 1 fully saturated rings. The van der Waals surface area contributed by atoms with Crippen molar-refractivity contribution in [1.29, 1.82) is 0 Å². The van der Waals surface area contributed by atoms with Crippen LogP contribution in [0.5, 0.6) is 0 Å². The lowest BCUT2D eigenvalue weighted by Crippen LogP contribution is -2.49. The lowest BCUT2D eigenvalue weighted by Gasteiger charge is -2.37. The third-order valence-electron chi connectivity index (χ3n) is 4.20. The average molecular weight is 314 g/mol. The number of carbonyl (C=O) groups excluding carboxylic acids is 1. The number of amides is 1. The highest BCUT2D eigenvalue weighted by Gasteiger charge is 2.30. The van der Waals surface area contributed by atoms with Crippen molar-refractivity contribution in [2.45, 2.75) is 39.0 Å². The first kappa shape index (κ1) is 16.8. The van der Waals surface area contributed by atoms with Gasteiger partial charge in [-0.05, 0) is 30.0 Å². The van der Waals surface area contributed by atoms with Crippen molar-refractivity contribution in [2.24, 2.45) is 5.92 Å². The SMILES string of the molecule is CC(=O)N1CC[C@H](NCc2ccc(C(F)(F)F)cc2)[C@H](C)C1. The molecule has 0 aromatic heterocycles. The molecule has 22 heavy (non-hydrogen) atoms. The third kappa shape index (κ3) is 4.22. The van der Waals surface area contributed by atoms with Crippen molar-refractivity contribution >= 4 is 5.91 Å². The number of hydrogen-bond donors (Lipinski definition) is 1. The molecule has 3 nitrogen and oxygen atoms in total. The van der Waals surface area contributed by atoms with E-state index in [1.165, 1.54) is 12.1 Å². The summed E-state index contributed by atoms with van der Waals surface area (Å²) < 4.78 is 37.5. The largest absolute Gasteiger partial charge is 0.416 e. The van der Waals surface area contributed by atoms with Gasteiger partial charge in [0.15, 0.2) is 0 Å². The first-order valence-electron chi connectivity index (χ1n) is 7.42. The van der Waals surface area contributed by atoms with E-state index < -0.39 is 11.7 Å². The summed E-state index contributed by atoms with van der Waals surface area (Å²) in [4.78, 5) is 13.2. The minimum Gasteiger partial charge on any atom is -0.343 e. The Balaban J connectivity index is 1.87. The Bertz CT molecular complexity index is 513. The van der Waals surface area contributed by atoms with Gasteiger partial charge in [-0.15, -0.1) is 0 Å². The number of benzene rings is 1. The molecule has 0 aliphatic carbocycles. The van der Waals surface area contributed by atoms with Gasteiger partial charge in [-0.3, -0.25) is 4.79 Å². The Morgan fingerprint density at radius 3 is 2.45 bits per heavy atom. The quantitative estimate of drug-likeness (QED) is 0.930. The predicted molar refractivity (Wildman–Crippen MR) is 78.1 cm³/mol. The molecule has 0 radical (unpaired) electrons. The molecule has 6 heteroatoms. The van der Waals surface area contributed by atoms with E-state index in [2.05, 4.69) is 12.2 Å². The molecule has 1 aliphatic heterocycles. The molecule has 1 aromatic rings. The van der Waals surface area contributed by atoms with Gasteiger partial charge in [0.2, 0.25) is 5.91 Å². The Kier molecular flexibility index (Phi) is 5.11. The van der Waals surface area contributed by atoms with Crippen molar-refractivity contribution in [3.63, 3.8) is 0 Å². The highest BCUT2D eigenvalue weighted by atomic mass is 19.4. The third-order valence-corrected chi connectivity index (χ3v) is 4.20. The van der Waals surface area contributed by atoms with Gasteiger partial charge in [0, 0.05) is 32.6 Å². The zero-order valence-electron chi connectivity index (χ0n) is 12.8. The molecule has 1 amide bonds. The Morgan fingerprint density at radius 2 is 1.95 bits per heavy atom. The summed E-state index contributed by atoms with van der Waals surface area (Å²) >= 11 is 0. The Morgan fingerprint density at radius 1 is 1.32 bits per heavy atom. The second-order valence-electron chi connectivity index (χ2n) is 5.91. The van der Waals surface area contributed by atoms with Gasteiger partial charge < -0.3 is 10.2 Å². The molecule has 1 N–H and O–H groups in total. The topological polar surface area (TPSA) is 32.3 Å². The van der Waals surface area contributed by atoms with Crippen LogP contribution >= 0.6 is 0 Å². The van der Waals surface area contributed by atoms with E-state index >= 15 is 0 Å². The average Bonchev–Trinajstić information content (AvgIpc) is 2.45. The van der Waals surface area contributed by atoms with Crippen LogP contribution in [0.4, 0.5) is 13.2 Å². The molecule has 2 rings (SSSR count). The van der Waals surface area contributed by atoms with E-state index in [1.54, 1.807) is 6.92 Å². The molecule has 0 saturated carbocycles. The van der Waals surface area contributed by atoms with E-state index in [4.69, 9.17) is 0 Å². The molecule has 0 unspecified atom stereocenters. The molecule has 1 aromatic carbocycles. The zero-order chi connectivity index (χ0) is 16.3. The molecule has 0 bridgehead atoms. The van der Waals surface area contributed by atoms with Crippen LogP contribution in [0.2, 0.25) is 0 Å². The fourth-order valence-corrected chi connectivity index (χ4v) is 2.80. The van der Waals surface area contributed by atoms with Crippen LogP contribution in [0.1, 0.15) is 31.4 Å². The summed E-state index contributed by atoms with van der Waals surface area (Å²) in [5, 5.41) is 3.39. The van der Waals surface area contributed by atoms with Crippen LogP contribution in [-0.4, -0.2) is 29.9 Å². The van der Waals surface area contributed by atoms with E-state index in [-0.39, 0.29) is 11.9 Å². The number of piperidine rings is 1. The molecule has 122 valence electrons. The standard InChI is InChI=1S/C16H21F3N2O/c1-11-10-21(12(2)22)8-7-15(11)20-9-13-3-5-14(6-4-13)16(17,18)19/h3-6,11,15,20H,7-10H2,1-2H3/t11-,15+/m1/s1. The van der Waals surface area contributed by atoms with E-state index in [1.807, 2.05) is 4.90 Å². The second kappa shape index (κ2) is 6.69. The Labute approximate surface area is 128 Å². The predicted octanol–water partition coefficient (Wildman–Crippen LogP) is 3.05. The van der Waals surface area contributed by atoms with Gasteiger partial charge in [0.05, 0.1) is 5.56 Å². The zero-order valence-corrected chi connectivity index (χ0v) is 12.8. The van der Waals surface area contributed by atoms with Crippen LogP contribution in [0, 0.1) is 5.92 Å². The first-order valence-corrected chi connectivity index (χ1v) is 7.42. The van der Waals surface area contributed by atoms with Crippen LogP contribution in [0.15, 0.2) is 24.3 Å². The summed E-state index contributed by atoms with van der Waals surface area (Å²) in [5.41, 5.74) is 0.202. The van der Waals surface area contributed by atoms with Crippen LogP contribution < -0.4 is 5.32 Å². The summed E-state index contributed by atoms with van der Waals surface area (Å²) in [6, 6.07) is 5.51. The van der Waals surface area contributed by atoms with Crippen LogP contribution in [0.3, 0.4) is 0 Å². The first-order chi connectivity index (χ1) is 10.3. The lowest BCUT2D eigenvalue weighted by atomic mass is 9.93. The maximum atomic E-state index is 12.5. The molecule has 0 spiro atoms. The Hall–Kier alpha value is -1.56. The maximum absolute atomic E-state index is 12.5.